The Hall–Kier alpha value is -3.16. The number of hydrogen-bond donors (Lipinski definition) is 0. The maximum Gasteiger partial charge on any atom is 0.258 e. The first-order chi connectivity index (χ1) is 15.2. The van der Waals surface area contributed by atoms with Crippen molar-refractivity contribution in [2.24, 2.45) is 5.92 Å². The van der Waals surface area contributed by atoms with Crippen molar-refractivity contribution < 1.29 is 0 Å². The predicted molar refractivity (Wildman–Crippen MR) is 123 cm³/mol. The van der Waals surface area contributed by atoms with Crippen molar-refractivity contribution in [1.29, 1.82) is 5.26 Å². The first-order valence-corrected chi connectivity index (χ1v) is 11.2. The molecule has 0 spiro atoms. The molecular weight excluding hydrogens is 382 g/mol. The first-order valence-electron chi connectivity index (χ1n) is 11.2. The van der Waals surface area contributed by atoms with Crippen LogP contribution in [0.5, 0.6) is 0 Å². The fourth-order valence-corrected chi connectivity index (χ4v) is 5.35. The van der Waals surface area contributed by atoms with Gasteiger partial charge in [0.05, 0.1) is 11.6 Å². The Kier molecular flexibility index (Phi) is 5.44. The maximum atomic E-state index is 13.3. The van der Waals surface area contributed by atoms with Crippen LogP contribution in [0.4, 0.5) is 0 Å². The van der Waals surface area contributed by atoms with Crippen molar-refractivity contribution in [3.05, 3.63) is 93.9 Å². The first kappa shape index (κ1) is 19.8. The highest BCUT2D eigenvalue weighted by atomic mass is 16.1. The van der Waals surface area contributed by atoms with Crippen LogP contribution in [0.1, 0.15) is 35.6 Å². The van der Waals surface area contributed by atoms with Gasteiger partial charge in [-0.1, -0.05) is 42.5 Å². The lowest BCUT2D eigenvalue weighted by atomic mass is 9.82. The average Bonchev–Trinajstić information content (AvgIpc) is 2.80. The fraction of sp³-hybridized carbons (Fsp3) is 0.333. The Bertz CT molecular complexity index is 1180. The Morgan fingerprint density at radius 2 is 1.84 bits per heavy atom. The molecule has 0 saturated carbocycles. The molecule has 156 valence electrons. The van der Waals surface area contributed by atoms with E-state index in [2.05, 4.69) is 47.4 Å². The zero-order chi connectivity index (χ0) is 21.2. The monoisotopic (exact) mass is 409 g/mol. The third-order valence-electron chi connectivity index (χ3n) is 6.77. The molecular formula is C27H27N3O. The highest BCUT2D eigenvalue weighted by Gasteiger charge is 2.34. The topological polar surface area (TPSA) is 49.0 Å². The van der Waals surface area contributed by atoms with Crippen LogP contribution in [-0.4, -0.2) is 29.1 Å². The van der Waals surface area contributed by atoms with E-state index in [0.717, 1.165) is 38.2 Å². The van der Waals surface area contributed by atoms with Crippen molar-refractivity contribution in [3.63, 3.8) is 0 Å². The molecule has 2 bridgehead atoms. The molecule has 0 amide bonds. The van der Waals surface area contributed by atoms with E-state index in [4.69, 9.17) is 0 Å². The molecule has 31 heavy (non-hydrogen) atoms. The minimum Gasteiger partial charge on any atom is -0.311 e. The molecule has 3 aromatic rings. The van der Waals surface area contributed by atoms with Gasteiger partial charge in [0.2, 0.25) is 0 Å². The summed E-state index contributed by atoms with van der Waals surface area (Å²) in [5, 5.41) is 9.19. The van der Waals surface area contributed by atoms with Crippen LogP contribution in [0.2, 0.25) is 0 Å². The zero-order valence-corrected chi connectivity index (χ0v) is 17.7. The molecule has 2 aliphatic heterocycles. The number of nitrogens with zero attached hydrogens (tertiary/aromatic N) is 3. The van der Waals surface area contributed by atoms with Gasteiger partial charge in [-0.25, -0.2) is 0 Å². The minimum atomic E-state index is 0.0832. The number of aromatic nitrogens is 1. The van der Waals surface area contributed by atoms with Gasteiger partial charge < -0.3 is 9.47 Å². The fourth-order valence-electron chi connectivity index (χ4n) is 5.35. The number of rotatable bonds is 5. The average molecular weight is 410 g/mol. The summed E-state index contributed by atoms with van der Waals surface area (Å²) < 4.78 is 2.01. The number of hydrogen-bond acceptors (Lipinski definition) is 3. The third kappa shape index (κ3) is 4.06. The Morgan fingerprint density at radius 1 is 0.968 bits per heavy atom. The van der Waals surface area contributed by atoms with E-state index in [1.807, 2.05) is 28.8 Å². The third-order valence-corrected chi connectivity index (χ3v) is 6.77. The van der Waals surface area contributed by atoms with Crippen molar-refractivity contribution in [3.8, 4) is 17.2 Å². The van der Waals surface area contributed by atoms with Crippen LogP contribution in [-0.2, 0) is 13.0 Å². The number of piperidine rings is 1. The van der Waals surface area contributed by atoms with Crippen molar-refractivity contribution in [2.45, 2.75) is 31.7 Å². The quantitative estimate of drug-likeness (QED) is 0.626. The Morgan fingerprint density at radius 3 is 2.68 bits per heavy atom. The zero-order valence-electron chi connectivity index (χ0n) is 17.7. The second-order valence-corrected chi connectivity index (χ2v) is 8.93. The Balaban J connectivity index is 1.32. The maximum absolute atomic E-state index is 13.3. The van der Waals surface area contributed by atoms with Gasteiger partial charge in [0.25, 0.3) is 5.56 Å². The molecule has 4 heteroatoms. The highest BCUT2D eigenvalue weighted by Crippen LogP contribution is 2.36. The summed E-state index contributed by atoms with van der Waals surface area (Å²) in [5.41, 5.74) is 4.78. The largest absolute Gasteiger partial charge is 0.311 e. The van der Waals surface area contributed by atoms with Gasteiger partial charge in [-0.05, 0) is 67.1 Å². The predicted octanol–water partition coefficient (Wildman–Crippen LogP) is 4.44. The van der Waals surface area contributed by atoms with Crippen molar-refractivity contribution >= 4 is 0 Å². The summed E-state index contributed by atoms with van der Waals surface area (Å²) in [5.74, 6) is 0.956. The van der Waals surface area contributed by atoms with E-state index in [-0.39, 0.29) is 5.56 Å². The van der Waals surface area contributed by atoms with E-state index in [1.165, 1.54) is 24.1 Å². The van der Waals surface area contributed by atoms with Crippen LogP contribution < -0.4 is 5.56 Å². The van der Waals surface area contributed by atoms with Crippen LogP contribution in [0.15, 0.2) is 71.5 Å². The number of aryl methyl sites for hydroxylation is 1. The molecule has 0 N–H and O–H groups in total. The lowest BCUT2D eigenvalue weighted by Crippen LogP contribution is -2.47. The number of benzene rings is 2. The van der Waals surface area contributed by atoms with Crippen molar-refractivity contribution in [1.82, 2.24) is 9.47 Å². The number of nitriles is 1. The number of likely N-dealkylation sites (tertiary alicyclic amines) is 1. The lowest BCUT2D eigenvalue weighted by Gasteiger charge is -2.43. The summed E-state index contributed by atoms with van der Waals surface area (Å²) >= 11 is 0. The molecule has 2 aliphatic rings. The van der Waals surface area contributed by atoms with E-state index in [1.54, 1.807) is 6.07 Å². The van der Waals surface area contributed by atoms with Crippen LogP contribution >= 0.6 is 0 Å². The summed E-state index contributed by atoms with van der Waals surface area (Å²) in [6.07, 6.45) is 3.47. The highest BCUT2D eigenvalue weighted by molar-refractivity contribution is 5.64. The van der Waals surface area contributed by atoms with Crippen LogP contribution in [0.25, 0.3) is 11.1 Å². The molecule has 1 aromatic heterocycles. The van der Waals surface area contributed by atoms with E-state index >= 15 is 0 Å². The summed E-state index contributed by atoms with van der Waals surface area (Å²) in [6.45, 7) is 4.02. The lowest BCUT2D eigenvalue weighted by molar-refractivity contribution is 0.119. The van der Waals surface area contributed by atoms with Gasteiger partial charge in [0, 0.05) is 36.8 Å². The molecule has 0 radical (unpaired) electrons. The van der Waals surface area contributed by atoms with E-state index < -0.39 is 0 Å². The number of fused-ring (bicyclic) bond motifs is 4. The van der Waals surface area contributed by atoms with E-state index in [9.17, 15) is 10.1 Å². The Labute approximate surface area is 183 Å². The molecule has 0 aliphatic carbocycles. The second kappa shape index (κ2) is 8.53. The molecule has 5 rings (SSSR count). The summed E-state index contributed by atoms with van der Waals surface area (Å²) in [7, 11) is 0. The van der Waals surface area contributed by atoms with Crippen molar-refractivity contribution in [2.75, 3.05) is 19.6 Å². The molecule has 0 unspecified atom stereocenters. The standard InChI is InChI=1S/C27H27N3O/c28-16-21-8-4-10-23(14-21)25-11-12-26-24-15-22(18-30(26)27(25)31)17-29(19-24)13-5-9-20-6-2-1-3-7-20/h1-4,6-8,10-12,14,22,24H,5,9,13,15,17-19H2/t22-,24+/m0/s1. The summed E-state index contributed by atoms with van der Waals surface area (Å²) in [6, 6.07) is 24.3. The summed E-state index contributed by atoms with van der Waals surface area (Å²) in [4.78, 5) is 15.9. The molecule has 2 aromatic carbocycles. The van der Waals surface area contributed by atoms with Gasteiger partial charge >= 0.3 is 0 Å². The SMILES string of the molecule is N#Cc1cccc(-c2ccc3n(c2=O)C[C@H]2C[C@@H]3CN(CCCc3ccccc3)C2)c1. The molecule has 1 saturated heterocycles. The molecule has 3 heterocycles. The van der Waals surface area contributed by atoms with Gasteiger partial charge in [0.15, 0.2) is 0 Å². The van der Waals surface area contributed by atoms with Gasteiger partial charge in [-0.2, -0.15) is 5.26 Å². The van der Waals surface area contributed by atoms with Gasteiger partial charge in [-0.3, -0.25) is 4.79 Å². The van der Waals surface area contributed by atoms with Gasteiger partial charge in [0.1, 0.15) is 0 Å². The van der Waals surface area contributed by atoms with Gasteiger partial charge in [-0.15, -0.1) is 0 Å². The molecule has 4 nitrogen and oxygen atoms in total. The molecule has 2 atom stereocenters. The van der Waals surface area contributed by atoms with E-state index in [0.29, 0.717) is 23.0 Å². The molecule has 1 fully saturated rings. The van der Waals surface area contributed by atoms with Crippen LogP contribution in [0, 0.1) is 17.2 Å². The minimum absolute atomic E-state index is 0.0832. The second-order valence-electron chi connectivity index (χ2n) is 8.93. The smallest absolute Gasteiger partial charge is 0.258 e. The normalized spacial score (nSPS) is 20.1. The van der Waals surface area contributed by atoms with Crippen LogP contribution in [0.3, 0.4) is 0 Å². The number of pyridine rings is 1.